The van der Waals surface area contributed by atoms with Crippen LogP contribution >= 0.6 is 0 Å². The number of benzene rings is 7. The Morgan fingerprint density at radius 1 is 0.347 bits per heavy atom. The highest BCUT2D eigenvalue weighted by Crippen LogP contribution is 2.53. The number of rotatable bonds is 5. The summed E-state index contributed by atoms with van der Waals surface area (Å²) in [5.74, 6) is 1.96. The lowest BCUT2D eigenvalue weighted by atomic mass is 9.79. The van der Waals surface area contributed by atoms with Crippen LogP contribution in [0.15, 0.2) is 164 Å². The molecule has 0 atom stereocenters. The molecule has 0 N–H and O–H groups in total. The number of nitrogens with zero attached hydrogens (tertiary/aromatic N) is 3. The van der Waals surface area contributed by atoms with Gasteiger partial charge in [-0.2, -0.15) is 0 Å². The minimum atomic E-state index is -0.131. The molecular weight excluding hydrogens is 595 g/mol. The van der Waals surface area contributed by atoms with Crippen molar-refractivity contribution in [3.05, 3.63) is 175 Å². The number of fused-ring (bicyclic) bond motifs is 5. The van der Waals surface area contributed by atoms with Gasteiger partial charge in [0.2, 0.25) is 0 Å². The standard InChI is InChI=1S/C46H33N3/c1-46(2)41-21-13-12-20-36(41)40-29-38(32-16-8-4-9-17-32)39-28-35(26-27-37(39)42(40)46)45-48-43(33-18-10-5-11-19-33)47-44(49-45)34-24-22-31(23-25-34)30-14-6-3-7-15-30/h3-29H,1-2H3. The molecule has 1 aromatic heterocycles. The van der Waals surface area contributed by atoms with Crippen LogP contribution in [-0.2, 0) is 5.41 Å². The van der Waals surface area contributed by atoms with E-state index in [-0.39, 0.29) is 5.41 Å². The lowest BCUT2D eigenvalue weighted by molar-refractivity contribution is 0.666. The molecule has 8 aromatic rings. The molecule has 0 saturated heterocycles. The van der Waals surface area contributed by atoms with E-state index in [0.29, 0.717) is 17.5 Å². The van der Waals surface area contributed by atoms with Gasteiger partial charge in [-0.25, -0.2) is 15.0 Å². The molecule has 9 rings (SSSR count). The van der Waals surface area contributed by atoms with Crippen molar-refractivity contribution in [1.82, 2.24) is 15.0 Å². The molecule has 0 unspecified atom stereocenters. The lowest BCUT2D eigenvalue weighted by Gasteiger charge is -2.24. The fourth-order valence-corrected chi connectivity index (χ4v) is 7.50. The van der Waals surface area contributed by atoms with Crippen LogP contribution in [0.3, 0.4) is 0 Å². The van der Waals surface area contributed by atoms with Gasteiger partial charge in [0.15, 0.2) is 17.5 Å². The predicted octanol–water partition coefficient (Wildman–Crippen LogP) is 11.7. The molecule has 3 nitrogen and oxygen atoms in total. The van der Waals surface area contributed by atoms with Gasteiger partial charge in [-0.3, -0.25) is 0 Å². The molecule has 1 aliphatic rings. The van der Waals surface area contributed by atoms with Gasteiger partial charge in [-0.15, -0.1) is 0 Å². The predicted molar refractivity (Wildman–Crippen MR) is 202 cm³/mol. The van der Waals surface area contributed by atoms with Crippen LogP contribution in [0.1, 0.15) is 25.0 Å². The number of aromatic nitrogens is 3. The molecule has 0 saturated carbocycles. The molecule has 1 aliphatic carbocycles. The second-order valence-corrected chi connectivity index (χ2v) is 13.3. The normalized spacial score (nSPS) is 12.9. The summed E-state index contributed by atoms with van der Waals surface area (Å²) < 4.78 is 0. The Balaban J connectivity index is 1.25. The number of hydrogen-bond acceptors (Lipinski definition) is 3. The highest BCUT2D eigenvalue weighted by molar-refractivity contribution is 6.07. The zero-order valence-corrected chi connectivity index (χ0v) is 27.4. The van der Waals surface area contributed by atoms with Crippen molar-refractivity contribution < 1.29 is 0 Å². The molecule has 3 heteroatoms. The van der Waals surface area contributed by atoms with E-state index in [1.807, 2.05) is 24.3 Å². The first-order valence-electron chi connectivity index (χ1n) is 16.8. The molecular formula is C46H33N3. The third-order valence-electron chi connectivity index (χ3n) is 9.91. The summed E-state index contributed by atoms with van der Waals surface area (Å²) in [5.41, 5.74) is 12.8. The van der Waals surface area contributed by atoms with Gasteiger partial charge >= 0.3 is 0 Å². The van der Waals surface area contributed by atoms with Crippen molar-refractivity contribution in [2.75, 3.05) is 0 Å². The fourth-order valence-electron chi connectivity index (χ4n) is 7.50. The van der Waals surface area contributed by atoms with E-state index >= 15 is 0 Å². The molecule has 49 heavy (non-hydrogen) atoms. The minimum Gasteiger partial charge on any atom is -0.208 e. The van der Waals surface area contributed by atoms with Crippen molar-refractivity contribution in [3.63, 3.8) is 0 Å². The Kier molecular flexibility index (Phi) is 6.80. The Bertz CT molecular complexity index is 2480. The summed E-state index contributed by atoms with van der Waals surface area (Å²) in [7, 11) is 0. The van der Waals surface area contributed by atoms with Gasteiger partial charge in [-0.05, 0) is 67.4 Å². The molecule has 0 bridgehead atoms. The second-order valence-electron chi connectivity index (χ2n) is 13.3. The van der Waals surface area contributed by atoms with Crippen LogP contribution in [0.2, 0.25) is 0 Å². The Morgan fingerprint density at radius 3 is 1.47 bits per heavy atom. The SMILES string of the molecule is CC1(C)c2ccccc2-c2cc(-c3ccccc3)c3cc(-c4nc(-c5ccccc5)nc(-c5ccc(-c6ccccc6)cc5)n4)ccc3c21. The Hall–Kier alpha value is -6.19. The topological polar surface area (TPSA) is 38.7 Å². The quantitative estimate of drug-likeness (QED) is 0.191. The molecule has 232 valence electrons. The van der Waals surface area contributed by atoms with Gasteiger partial charge < -0.3 is 0 Å². The first-order chi connectivity index (χ1) is 24.0. The highest BCUT2D eigenvalue weighted by atomic mass is 15.0. The van der Waals surface area contributed by atoms with Crippen molar-refractivity contribution in [2.24, 2.45) is 0 Å². The maximum absolute atomic E-state index is 5.12. The maximum atomic E-state index is 5.12. The van der Waals surface area contributed by atoms with Crippen molar-refractivity contribution in [2.45, 2.75) is 19.3 Å². The summed E-state index contributed by atoms with van der Waals surface area (Å²) >= 11 is 0. The van der Waals surface area contributed by atoms with E-state index in [0.717, 1.165) is 22.3 Å². The van der Waals surface area contributed by atoms with Gasteiger partial charge in [0, 0.05) is 22.1 Å². The molecule has 1 heterocycles. The Morgan fingerprint density at radius 2 is 0.816 bits per heavy atom. The summed E-state index contributed by atoms with van der Waals surface area (Å²) in [4.78, 5) is 15.2. The first-order valence-corrected chi connectivity index (χ1v) is 16.8. The summed E-state index contributed by atoms with van der Waals surface area (Å²) in [6.45, 7) is 4.70. The van der Waals surface area contributed by atoms with Gasteiger partial charge in [0.1, 0.15) is 0 Å². The second kappa shape index (κ2) is 11.5. The summed E-state index contributed by atoms with van der Waals surface area (Å²) in [6.07, 6.45) is 0. The average Bonchev–Trinajstić information content (AvgIpc) is 3.41. The monoisotopic (exact) mass is 627 g/mol. The summed E-state index contributed by atoms with van der Waals surface area (Å²) in [5, 5.41) is 2.45. The first kappa shape index (κ1) is 29.0. The van der Waals surface area contributed by atoms with E-state index < -0.39 is 0 Å². The molecule has 0 aliphatic heterocycles. The van der Waals surface area contributed by atoms with Crippen molar-refractivity contribution >= 4 is 10.8 Å². The van der Waals surface area contributed by atoms with Crippen LogP contribution in [0.4, 0.5) is 0 Å². The van der Waals surface area contributed by atoms with E-state index in [1.165, 1.54) is 49.7 Å². The van der Waals surface area contributed by atoms with Crippen LogP contribution < -0.4 is 0 Å². The number of hydrogen-bond donors (Lipinski definition) is 0. The van der Waals surface area contributed by atoms with Crippen molar-refractivity contribution in [3.8, 4) is 67.5 Å². The summed E-state index contributed by atoms with van der Waals surface area (Å²) in [6, 6.07) is 57.8. The van der Waals surface area contributed by atoms with Crippen molar-refractivity contribution in [1.29, 1.82) is 0 Å². The van der Waals surface area contributed by atoms with Gasteiger partial charge in [0.25, 0.3) is 0 Å². The minimum absolute atomic E-state index is 0.131. The van der Waals surface area contributed by atoms with Crippen LogP contribution in [0.25, 0.3) is 78.3 Å². The van der Waals surface area contributed by atoms with Crippen LogP contribution in [-0.4, -0.2) is 15.0 Å². The fraction of sp³-hybridized carbons (Fsp3) is 0.0652. The zero-order valence-electron chi connectivity index (χ0n) is 27.4. The average molecular weight is 628 g/mol. The highest BCUT2D eigenvalue weighted by Gasteiger charge is 2.37. The maximum Gasteiger partial charge on any atom is 0.164 e. The van der Waals surface area contributed by atoms with Crippen LogP contribution in [0, 0.1) is 0 Å². The van der Waals surface area contributed by atoms with E-state index in [9.17, 15) is 0 Å². The third kappa shape index (κ3) is 4.94. The molecule has 0 spiro atoms. The molecule has 0 amide bonds. The largest absolute Gasteiger partial charge is 0.208 e. The lowest BCUT2D eigenvalue weighted by Crippen LogP contribution is -2.15. The third-order valence-corrected chi connectivity index (χ3v) is 9.91. The van der Waals surface area contributed by atoms with E-state index in [1.54, 1.807) is 0 Å². The van der Waals surface area contributed by atoms with Crippen LogP contribution in [0.5, 0.6) is 0 Å². The molecule has 0 radical (unpaired) electrons. The molecule has 0 fully saturated rings. The van der Waals surface area contributed by atoms with E-state index in [4.69, 9.17) is 15.0 Å². The van der Waals surface area contributed by atoms with Gasteiger partial charge in [0.05, 0.1) is 0 Å². The zero-order chi connectivity index (χ0) is 33.0. The Labute approximate surface area is 286 Å². The van der Waals surface area contributed by atoms with E-state index in [2.05, 4.69) is 153 Å². The van der Waals surface area contributed by atoms with Gasteiger partial charge in [-0.1, -0.05) is 166 Å². The molecule has 7 aromatic carbocycles. The smallest absolute Gasteiger partial charge is 0.164 e.